The van der Waals surface area contributed by atoms with Gasteiger partial charge in [0.1, 0.15) is 0 Å². The largest absolute Gasteiger partial charge is 0.328 e. The van der Waals surface area contributed by atoms with Crippen molar-refractivity contribution in [2.45, 2.75) is 71.8 Å². The summed E-state index contributed by atoms with van der Waals surface area (Å²) in [5.41, 5.74) is 5.96. The summed E-state index contributed by atoms with van der Waals surface area (Å²) < 4.78 is 0. The molecule has 104 valence electrons. The third-order valence-electron chi connectivity index (χ3n) is 4.79. The van der Waals surface area contributed by atoms with Gasteiger partial charge < -0.3 is 5.73 Å². The van der Waals surface area contributed by atoms with Crippen LogP contribution in [0.4, 0.5) is 0 Å². The van der Waals surface area contributed by atoms with Crippen LogP contribution in [0.2, 0.25) is 0 Å². The molecule has 0 bridgehead atoms. The van der Waals surface area contributed by atoms with Crippen molar-refractivity contribution in [3.8, 4) is 6.07 Å². The molecule has 1 rings (SSSR count). The average molecular weight is 250 g/mol. The molecule has 2 nitrogen and oxygen atoms in total. The summed E-state index contributed by atoms with van der Waals surface area (Å²) in [7, 11) is 0. The SMILES string of the molecule is CCC(CC#N)C(CC1CCC1)C(C)CC(C)N. The summed E-state index contributed by atoms with van der Waals surface area (Å²) in [5, 5.41) is 9.01. The Bertz CT molecular complexity index is 263. The van der Waals surface area contributed by atoms with Crippen LogP contribution >= 0.6 is 0 Å². The normalized spacial score (nSPS) is 22.6. The molecule has 4 atom stereocenters. The average Bonchev–Trinajstić information content (AvgIpc) is 2.24. The Labute approximate surface area is 113 Å². The molecule has 0 spiro atoms. The van der Waals surface area contributed by atoms with E-state index in [0.717, 1.165) is 25.2 Å². The van der Waals surface area contributed by atoms with E-state index in [2.05, 4.69) is 26.8 Å². The highest BCUT2D eigenvalue weighted by atomic mass is 14.6. The second-order valence-corrected chi connectivity index (χ2v) is 6.42. The Hall–Kier alpha value is -0.550. The van der Waals surface area contributed by atoms with Gasteiger partial charge in [-0.1, -0.05) is 39.5 Å². The van der Waals surface area contributed by atoms with E-state index in [1.807, 2.05) is 0 Å². The van der Waals surface area contributed by atoms with Crippen LogP contribution in [0.3, 0.4) is 0 Å². The van der Waals surface area contributed by atoms with Gasteiger partial charge in [0.15, 0.2) is 0 Å². The number of hydrogen-bond donors (Lipinski definition) is 1. The van der Waals surface area contributed by atoms with Crippen molar-refractivity contribution in [2.75, 3.05) is 0 Å². The fraction of sp³-hybridized carbons (Fsp3) is 0.938. The number of nitrogens with two attached hydrogens (primary N) is 1. The summed E-state index contributed by atoms with van der Waals surface area (Å²) in [6.45, 7) is 6.67. The molecule has 0 amide bonds. The maximum Gasteiger partial charge on any atom is 0.0624 e. The van der Waals surface area contributed by atoms with Crippen molar-refractivity contribution in [2.24, 2.45) is 29.4 Å². The molecule has 0 heterocycles. The molecule has 18 heavy (non-hydrogen) atoms. The summed E-state index contributed by atoms with van der Waals surface area (Å²) in [5.74, 6) is 2.86. The van der Waals surface area contributed by atoms with E-state index in [1.165, 1.54) is 25.7 Å². The molecule has 0 aromatic carbocycles. The summed E-state index contributed by atoms with van der Waals surface area (Å²) in [6, 6.07) is 2.67. The molecule has 1 aliphatic rings. The summed E-state index contributed by atoms with van der Waals surface area (Å²) in [4.78, 5) is 0. The minimum atomic E-state index is 0.281. The Morgan fingerprint density at radius 2 is 2.00 bits per heavy atom. The summed E-state index contributed by atoms with van der Waals surface area (Å²) >= 11 is 0. The van der Waals surface area contributed by atoms with Crippen LogP contribution in [0.5, 0.6) is 0 Å². The van der Waals surface area contributed by atoms with E-state index in [9.17, 15) is 0 Å². The van der Waals surface area contributed by atoms with Crippen molar-refractivity contribution < 1.29 is 0 Å². The van der Waals surface area contributed by atoms with Crippen LogP contribution in [-0.4, -0.2) is 6.04 Å². The lowest BCUT2D eigenvalue weighted by Gasteiger charge is -2.37. The Morgan fingerprint density at radius 3 is 2.39 bits per heavy atom. The molecule has 4 unspecified atom stereocenters. The maximum atomic E-state index is 9.01. The molecule has 0 aliphatic heterocycles. The third kappa shape index (κ3) is 4.61. The van der Waals surface area contributed by atoms with Gasteiger partial charge in [-0.15, -0.1) is 0 Å². The Balaban J connectivity index is 2.62. The topological polar surface area (TPSA) is 49.8 Å². The van der Waals surface area contributed by atoms with Crippen molar-refractivity contribution >= 4 is 0 Å². The van der Waals surface area contributed by atoms with Gasteiger partial charge in [0.25, 0.3) is 0 Å². The smallest absolute Gasteiger partial charge is 0.0624 e. The minimum Gasteiger partial charge on any atom is -0.328 e. The zero-order chi connectivity index (χ0) is 13.5. The van der Waals surface area contributed by atoms with Crippen molar-refractivity contribution in [3.63, 3.8) is 0 Å². The van der Waals surface area contributed by atoms with Crippen molar-refractivity contribution in [3.05, 3.63) is 0 Å². The molecule has 0 aromatic heterocycles. The van der Waals surface area contributed by atoms with E-state index >= 15 is 0 Å². The van der Waals surface area contributed by atoms with Gasteiger partial charge in [0, 0.05) is 12.5 Å². The van der Waals surface area contributed by atoms with E-state index in [4.69, 9.17) is 11.0 Å². The molecule has 1 aliphatic carbocycles. The van der Waals surface area contributed by atoms with Crippen molar-refractivity contribution in [1.82, 2.24) is 0 Å². The summed E-state index contributed by atoms with van der Waals surface area (Å²) in [6.07, 6.45) is 8.50. The van der Waals surface area contributed by atoms with E-state index < -0.39 is 0 Å². The first-order chi connectivity index (χ1) is 8.58. The minimum absolute atomic E-state index is 0.281. The van der Waals surface area contributed by atoms with Gasteiger partial charge in [0.2, 0.25) is 0 Å². The second-order valence-electron chi connectivity index (χ2n) is 6.42. The third-order valence-corrected chi connectivity index (χ3v) is 4.79. The number of nitriles is 1. The molecule has 0 saturated heterocycles. The van der Waals surface area contributed by atoms with Gasteiger partial charge >= 0.3 is 0 Å². The molecular weight excluding hydrogens is 220 g/mol. The fourth-order valence-electron chi connectivity index (χ4n) is 3.48. The Kier molecular flexibility index (Phi) is 6.71. The Morgan fingerprint density at radius 1 is 1.33 bits per heavy atom. The number of rotatable bonds is 8. The predicted octanol–water partition coefficient (Wildman–Crippen LogP) is 4.11. The van der Waals surface area contributed by atoms with Gasteiger partial charge in [-0.3, -0.25) is 0 Å². The molecule has 2 N–H and O–H groups in total. The zero-order valence-corrected chi connectivity index (χ0v) is 12.4. The predicted molar refractivity (Wildman–Crippen MR) is 76.9 cm³/mol. The number of nitrogens with zero attached hydrogens (tertiary/aromatic N) is 1. The van der Waals surface area contributed by atoms with Gasteiger partial charge in [-0.2, -0.15) is 5.26 Å². The zero-order valence-electron chi connectivity index (χ0n) is 12.4. The van der Waals surface area contributed by atoms with Gasteiger partial charge in [0.05, 0.1) is 6.07 Å². The highest BCUT2D eigenvalue weighted by molar-refractivity contribution is 4.86. The van der Waals surface area contributed by atoms with E-state index in [0.29, 0.717) is 17.8 Å². The van der Waals surface area contributed by atoms with Crippen LogP contribution < -0.4 is 5.73 Å². The van der Waals surface area contributed by atoms with Crippen LogP contribution in [0, 0.1) is 35.0 Å². The van der Waals surface area contributed by atoms with E-state index in [1.54, 1.807) is 0 Å². The van der Waals surface area contributed by atoms with Gasteiger partial charge in [-0.05, 0) is 43.4 Å². The molecular formula is C16H30N2. The highest BCUT2D eigenvalue weighted by Crippen LogP contribution is 2.40. The van der Waals surface area contributed by atoms with E-state index in [-0.39, 0.29) is 6.04 Å². The quantitative estimate of drug-likeness (QED) is 0.705. The number of hydrogen-bond acceptors (Lipinski definition) is 2. The molecule has 0 aromatic rings. The second kappa shape index (κ2) is 7.79. The lowest BCUT2D eigenvalue weighted by Crippen LogP contribution is -2.30. The first-order valence-corrected chi connectivity index (χ1v) is 7.70. The van der Waals surface area contributed by atoms with Crippen LogP contribution in [0.15, 0.2) is 0 Å². The molecule has 1 saturated carbocycles. The lowest BCUT2D eigenvalue weighted by molar-refractivity contribution is 0.143. The first-order valence-electron chi connectivity index (χ1n) is 7.70. The molecule has 0 radical (unpaired) electrons. The molecule has 2 heteroatoms. The lowest BCUT2D eigenvalue weighted by atomic mass is 9.69. The van der Waals surface area contributed by atoms with Crippen LogP contribution in [0.1, 0.15) is 65.7 Å². The standard InChI is InChI=1S/C16H30N2/c1-4-15(8-9-17)16(11-14-6-5-7-14)12(2)10-13(3)18/h12-16H,4-8,10-11,18H2,1-3H3. The fourth-order valence-corrected chi connectivity index (χ4v) is 3.48. The molecule has 1 fully saturated rings. The first kappa shape index (κ1) is 15.5. The maximum absolute atomic E-state index is 9.01. The van der Waals surface area contributed by atoms with Crippen LogP contribution in [-0.2, 0) is 0 Å². The highest BCUT2D eigenvalue weighted by Gasteiger charge is 2.30. The van der Waals surface area contributed by atoms with Gasteiger partial charge in [-0.25, -0.2) is 0 Å². The van der Waals surface area contributed by atoms with Crippen molar-refractivity contribution in [1.29, 1.82) is 5.26 Å². The van der Waals surface area contributed by atoms with Crippen LogP contribution in [0.25, 0.3) is 0 Å². The monoisotopic (exact) mass is 250 g/mol.